The molecule has 14 heavy (non-hydrogen) atoms. The number of nitrogens with zero attached hydrogens (tertiary/aromatic N) is 1. The summed E-state index contributed by atoms with van der Waals surface area (Å²) in [6, 6.07) is 0.218. The fourth-order valence-electron chi connectivity index (χ4n) is 1.32. The van der Waals surface area contributed by atoms with Gasteiger partial charge >= 0.3 is 0 Å². The van der Waals surface area contributed by atoms with Crippen LogP contribution in [0.5, 0.6) is 0 Å². The maximum Gasteiger partial charge on any atom is 0.127 e. The molecule has 0 fully saturated rings. The highest BCUT2D eigenvalue weighted by Gasteiger charge is 2.08. The molecule has 0 amide bonds. The summed E-state index contributed by atoms with van der Waals surface area (Å²) < 4.78 is 0. The Hall–Kier alpha value is -1.09. The van der Waals surface area contributed by atoms with E-state index in [0.29, 0.717) is 0 Å². The van der Waals surface area contributed by atoms with Gasteiger partial charge in [-0.05, 0) is 26.8 Å². The molecule has 1 atom stereocenters. The number of nitrogens with one attached hydrogen (secondary N) is 2. The highest BCUT2D eigenvalue weighted by Crippen LogP contribution is 2.11. The van der Waals surface area contributed by atoms with Crippen LogP contribution in [0.3, 0.4) is 0 Å². The van der Waals surface area contributed by atoms with Gasteiger partial charge in [-0.3, -0.25) is 0 Å². The topological polar surface area (TPSA) is 40.7 Å². The van der Waals surface area contributed by atoms with Crippen LogP contribution < -0.4 is 5.32 Å². The normalized spacial score (nSPS) is 12.5. The Morgan fingerprint density at radius 1 is 1.64 bits per heavy atom. The van der Waals surface area contributed by atoms with Crippen LogP contribution in [0.15, 0.2) is 24.0 Å². The zero-order chi connectivity index (χ0) is 10.4. The molecule has 3 nitrogen and oxygen atoms in total. The van der Waals surface area contributed by atoms with Crippen molar-refractivity contribution in [3.63, 3.8) is 0 Å². The monoisotopic (exact) mass is 193 g/mol. The zero-order valence-electron chi connectivity index (χ0n) is 9.17. The van der Waals surface area contributed by atoms with Gasteiger partial charge < -0.3 is 10.3 Å². The SMILES string of the molecule is CCCNC(C=C(C)C)c1ncc[nH]1. The standard InChI is InChI=1S/C11H19N3/c1-4-5-12-10(8-9(2)3)11-13-6-7-14-11/h6-8,10,12H,4-5H2,1-3H3,(H,13,14). The summed E-state index contributed by atoms with van der Waals surface area (Å²) in [5, 5.41) is 3.43. The van der Waals surface area contributed by atoms with Crippen LogP contribution in [-0.4, -0.2) is 16.5 Å². The highest BCUT2D eigenvalue weighted by molar-refractivity contribution is 5.10. The molecule has 3 heteroatoms. The fraction of sp³-hybridized carbons (Fsp3) is 0.545. The van der Waals surface area contributed by atoms with Crippen LogP contribution in [0.2, 0.25) is 0 Å². The van der Waals surface area contributed by atoms with Gasteiger partial charge in [0.15, 0.2) is 0 Å². The molecule has 0 bridgehead atoms. The van der Waals surface area contributed by atoms with E-state index in [1.165, 1.54) is 5.57 Å². The molecule has 1 rings (SSSR count). The number of hydrogen-bond donors (Lipinski definition) is 2. The molecule has 0 aliphatic heterocycles. The number of H-pyrrole nitrogens is 1. The number of rotatable bonds is 5. The van der Waals surface area contributed by atoms with Gasteiger partial charge in [-0.15, -0.1) is 0 Å². The fourth-order valence-corrected chi connectivity index (χ4v) is 1.32. The van der Waals surface area contributed by atoms with E-state index in [1.54, 1.807) is 6.20 Å². The predicted octanol–water partition coefficient (Wildman–Crippen LogP) is 2.42. The molecule has 0 saturated carbocycles. The minimum Gasteiger partial charge on any atom is -0.347 e. The molecule has 1 heterocycles. The second kappa shape index (κ2) is 5.60. The number of allylic oxidation sites excluding steroid dienone is 1. The van der Waals surface area contributed by atoms with Crippen molar-refractivity contribution in [2.45, 2.75) is 33.2 Å². The number of hydrogen-bond acceptors (Lipinski definition) is 2. The average Bonchev–Trinajstić information content (AvgIpc) is 2.64. The van der Waals surface area contributed by atoms with E-state index in [2.05, 4.69) is 42.1 Å². The van der Waals surface area contributed by atoms with Crippen molar-refractivity contribution in [3.05, 3.63) is 29.9 Å². The van der Waals surface area contributed by atoms with E-state index in [9.17, 15) is 0 Å². The summed E-state index contributed by atoms with van der Waals surface area (Å²) in [4.78, 5) is 7.39. The van der Waals surface area contributed by atoms with E-state index in [1.807, 2.05) is 6.20 Å². The Kier molecular flexibility index (Phi) is 4.40. The van der Waals surface area contributed by atoms with Gasteiger partial charge in [0.05, 0.1) is 6.04 Å². The Bertz CT molecular complexity index is 271. The van der Waals surface area contributed by atoms with Gasteiger partial charge in [0.1, 0.15) is 5.82 Å². The van der Waals surface area contributed by atoms with E-state index < -0.39 is 0 Å². The van der Waals surface area contributed by atoms with Gasteiger partial charge in [-0.25, -0.2) is 4.98 Å². The third kappa shape index (κ3) is 3.34. The van der Waals surface area contributed by atoms with Gasteiger partial charge in [-0.2, -0.15) is 0 Å². The lowest BCUT2D eigenvalue weighted by Crippen LogP contribution is -2.21. The number of aromatic nitrogens is 2. The maximum atomic E-state index is 4.26. The van der Waals surface area contributed by atoms with Crippen LogP contribution in [0.4, 0.5) is 0 Å². The first-order valence-electron chi connectivity index (χ1n) is 5.11. The summed E-state index contributed by atoms with van der Waals surface area (Å²) in [5.74, 6) is 0.986. The third-order valence-electron chi connectivity index (χ3n) is 1.93. The van der Waals surface area contributed by atoms with E-state index in [4.69, 9.17) is 0 Å². The van der Waals surface area contributed by atoms with Gasteiger partial charge in [0.25, 0.3) is 0 Å². The van der Waals surface area contributed by atoms with E-state index >= 15 is 0 Å². The first-order valence-corrected chi connectivity index (χ1v) is 5.11. The predicted molar refractivity (Wildman–Crippen MR) is 59.1 cm³/mol. The minimum atomic E-state index is 0.218. The number of imidazole rings is 1. The molecule has 0 aliphatic carbocycles. The summed E-state index contributed by atoms with van der Waals surface area (Å²) in [6.07, 6.45) is 6.96. The van der Waals surface area contributed by atoms with Crippen LogP contribution in [-0.2, 0) is 0 Å². The summed E-state index contributed by atoms with van der Waals surface area (Å²) in [6.45, 7) is 7.37. The summed E-state index contributed by atoms with van der Waals surface area (Å²) in [7, 11) is 0. The summed E-state index contributed by atoms with van der Waals surface area (Å²) in [5.41, 5.74) is 1.30. The second-order valence-corrected chi connectivity index (χ2v) is 3.65. The third-order valence-corrected chi connectivity index (χ3v) is 1.93. The Morgan fingerprint density at radius 3 is 2.93 bits per heavy atom. The molecule has 0 saturated heterocycles. The highest BCUT2D eigenvalue weighted by atomic mass is 15.0. The molecule has 0 radical (unpaired) electrons. The molecule has 1 unspecified atom stereocenters. The van der Waals surface area contributed by atoms with Crippen LogP contribution in [0.25, 0.3) is 0 Å². The van der Waals surface area contributed by atoms with Crippen molar-refractivity contribution in [1.82, 2.24) is 15.3 Å². The molecule has 2 N–H and O–H groups in total. The molecule has 1 aromatic rings. The number of aromatic amines is 1. The smallest absolute Gasteiger partial charge is 0.127 e. The van der Waals surface area contributed by atoms with Crippen molar-refractivity contribution in [3.8, 4) is 0 Å². The molecule has 78 valence electrons. The van der Waals surface area contributed by atoms with Gasteiger partial charge in [-0.1, -0.05) is 18.6 Å². The van der Waals surface area contributed by atoms with Crippen LogP contribution in [0.1, 0.15) is 39.1 Å². The molecular weight excluding hydrogens is 174 g/mol. The van der Waals surface area contributed by atoms with Crippen molar-refractivity contribution in [1.29, 1.82) is 0 Å². The minimum absolute atomic E-state index is 0.218. The lowest BCUT2D eigenvalue weighted by molar-refractivity contribution is 0.588. The van der Waals surface area contributed by atoms with Gasteiger partial charge in [0, 0.05) is 12.4 Å². The molecule has 0 spiro atoms. The first kappa shape index (κ1) is 11.0. The van der Waals surface area contributed by atoms with Crippen molar-refractivity contribution < 1.29 is 0 Å². The molecule has 1 aromatic heterocycles. The van der Waals surface area contributed by atoms with Crippen LogP contribution in [0, 0.1) is 0 Å². The largest absolute Gasteiger partial charge is 0.347 e. The van der Waals surface area contributed by atoms with E-state index in [0.717, 1.165) is 18.8 Å². The van der Waals surface area contributed by atoms with Crippen LogP contribution >= 0.6 is 0 Å². The van der Waals surface area contributed by atoms with Gasteiger partial charge in [0.2, 0.25) is 0 Å². The maximum absolute atomic E-state index is 4.26. The van der Waals surface area contributed by atoms with Crippen molar-refractivity contribution in [2.24, 2.45) is 0 Å². The average molecular weight is 193 g/mol. The Labute approximate surface area is 85.6 Å². The first-order chi connectivity index (χ1) is 6.74. The molecule has 0 aliphatic rings. The van der Waals surface area contributed by atoms with Crippen molar-refractivity contribution >= 4 is 0 Å². The Morgan fingerprint density at radius 2 is 2.43 bits per heavy atom. The lowest BCUT2D eigenvalue weighted by Gasteiger charge is -2.12. The zero-order valence-corrected chi connectivity index (χ0v) is 9.17. The lowest BCUT2D eigenvalue weighted by atomic mass is 10.2. The van der Waals surface area contributed by atoms with E-state index in [-0.39, 0.29) is 6.04 Å². The second-order valence-electron chi connectivity index (χ2n) is 3.65. The summed E-state index contributed by atoms with van der Waals surface area (Å²) >= 11 is 0. The quantitative estimate of drug-likeness (QED) is 0.705. The molecular formula is C11H19N3. The molecule has 0 aromatic carbocycles. The van der Waals surface area contributed by atoms with Crippen molar-refractivity contribution in [2.75, 3.05) is 6.54 Å². The Balaban J connectivity index is 2.67.